The number of azo groups is 2. The van der Waals surface area contributed by atoms with Crippen LogP contribution in [-0.4, -0.2) is 23.7 Å². The summed E-state index contributed by atoms with van der Waals surface area (Å²) < 4.78 is 0. The van der Waals surface area contributed by atoms with Crippen LogP contribution in [0.5, 0.6) is 0 Å². The molecule has 0 heterocycles. The average Bonchev–Trinajstić information content (AvgIpc) is 2.57. The lowest BCUT2D eigenvalue weighted by Gasteiger charge is -2.24. The molecule has 5 atom stereocenters. The molecule has 5 unspecified atom stereocenters. The lowest BCUT2D eigenvalue weighted by Crippen LogP contribution is -2.26. The second-order valence-corrected chi connectivity index (χ2v) is 8.26. The van der Waals surface area contributed by atoms with E-state index in [1.807, 2.05) is 34.6 Å². The quantitative estimate of drug-likeness (QED) is 0.535. The first-order chi connectivity index (χ1) is 12.0. The summed E-state index contributed by atoms with van der Waals surface area (Å²) in [5.74, 6) is -0.372. The second kappa shape index (κ2) is 10.6. The SMILES string of the molecule is CC(C#N)CN=NC(CC(C)CC(C)(C#N)N=NC(C)(C)C)C(C)C#N. The highest BCUT2D eigenvalue weighted by Crippen LogP contribution is 2.28. The predicted octanol–water partition coefficient (Wildman–Crippen LogP) is 5.08. The van der Waals surface area contributed by atoms with Crippen LogP contribution in [0.15, 0.2) is 20.5 Å². The number of hydrogen-bond acceptors (Lipinski definition) is 7. The Hall–Kier alpha value is -2.33. The van der Waals surface area contributed by atoms with Gasteiger partial charge in [-0.1, -0.05) is 6.92 Å². The first-order valence-corrected chi connectivity index (χ1v) is 8.97. The van der Waals surface area contributed by atoms with Crippen LogP contribution in [0, 0.1) is 51.7 Å². The third kappa shape index (κ3) is 9.84. The molecule has 7 heteroatoms. The molecular weight excluding hydrogens is 326 g/mol. The summed E-state index contributed by atoms with van der Waals surface area (Å²) in [7, 11) is 0. The van der Waals surface area contributed by atoms with Gasteiger partial charge in [-0.15, -0.1) is 0 Å². The van der Waals surface area contributed by atoms with Crippen molar-refractivity contribution in [1.82, 2.24) is 0 Å². The Morgan fingerprint density at radius 2 is 1.54 bits per heavy atom. The van der Waals surface area contributed by atoms with Crippen LogP contribution in [-0.2, 0) is 0 Å². The summed E-state index contributed by atoms with van der Waals surface area (Å²) in [6.45, 7) is 13.5. The lowest BCUT2D eigenvalue weighted by molar-refractivity contribution is 0.335. The molecule has 0 saturated heterocycles. The third-order valence-corrected chi connectivity index (χ3v) is 3.79. The van der Waals surface area contributed by atoms with Crippen LogP contribution in [0.1, 0.15) is 61.3 Å². The van der Waals surface area contributed by atoms with Gasteiger partial charge in [-0.3, -0.25) is 0 Å². The molecule has 7 nitrogen and oxygen atoms in total. The van der Waals surface area contributed by atoms with Crippen molar-refractivity contribution in [2.45, 2.75) is 78.4 Å². The summed E-state index contributed by atoms with van der Waals surface area (Å²) in [5.41, 5.74) is -1.23. The highest BCUT2D eigenvalue weighted by atomic mass is 15.2. The van der Waals surface area contributed by atoms with Crippen LogP contribution < -0.4 is 0 Å². The molecule has 0 amide bonds. The first kappa shape index (κ1) is 23.7. The Labute approximate surface area is 157 Å². The second-order valence-electron chi connectivity index (χ2n) is 8.26. The monoisotopic (exact) mass is 357 g/mol. The zero-order chi connectivity index (χ0) is 20.4. The van der Waals surface area contributed by atoms with Gasteiger partial charge < -0.3 is 0 Å². The van der Waals surface area contributed by atoms with Crippen LogP contribution in [0.25, 0.3) is 0 Å². The summed E-state index contributed by atoms with van der Waals surface area (Å²) in [6, 6.07) is 6.32. The number of rotatable bonds is 9. The van der Waals surface area contributed by atoms with E-state index in [9.17, 15) is 10.5 Å². The molecule has 142 valence electrons. The van der Waals surface area contributed by atoms with Gasteiger partial charge in [0.05, 0.1) is 48.2 Å². The molecule has 0 N–H and O–H groups in total. The zero-order valence-corrected chi connectivity index (χ0v) is 17.1. The van der Waals surface area contributed by atoms with E-state index >= 15 is 0 Å². The van der Waals surface area contributed by atoms with E-state index in [2.05, 4.69) is 38.7 Å². The fraction of sp³-hybridized carbons (Fsp3) is 0.842. The maximum Gasteiger partial charge on any atom is 0.165 e. The Bertz CT molecular complexity index is 612. The van der Waals surface area contributed by atoms with Gasteiger partial charge in [0.25, 0.3) is 0 Å². The van der Waals surface area contributed by atoms with Crippen LogP contribution in [0.4, 0.5) is 0 Å². The lowest BCUT2D eigenvalue weighted by atomic mass is 9.85. The number of hydrogen-bond donors (Lipinski definition) is 0. The van der Waals surface area contributed by atoms with Gasteiger partial charge in [-0.05, 0) is 60.3 Å². The van der Waals surface area contributed by atoms with Gasteiger partial charge in [0.1, 0.15) is 0 Å². The van der Waals surface area contributed by atoms with E-state index < -0.39 is 5.54 Å². The van der Waals surface area contributed by atoms with Crippen molar-refractivity contribution in [1.29, 1.82) is 15.8 Å². The topological polar surface area (TPSA) is 121 Å². The van der Waals surface area contributed by atoms with Crippen molar-refractivity contribution in [2.75, 3.05) is 6.54 Å². The fourth-order valence-corrected chi connectivity index (χ4v) is 2.30. The van der Waals surface area contributed by atoms with Crippen molar-refractivity contribution < 1.29 is 0 Å². The normalized spacial score (nSPS) is 19.1. The Morgan fingerprint density at radius 1 is 0.923 bits per heavy atom. The minimum absolute atomic E-state index is 0.117. The molecule has 0 aromatic carbocycles. The van der Waals surface area contributed by atoms with Crippen LogP contribution in [0.3, 0.4) is 0 Å². The Kier molecular flexibility index (Phi) is 9.66. The Balaban J connectivity index is 5.06. The molecule has 0 aromatic rings. The number of nitrogens with zero attached hydrogens (tertiary/aromatic N) is 7. The van der Waals surface area contributed by atoms with Crippen molar-refractivity contribution in [3.63, 3.8) is 0 Å². The summed E-state index contributed by atoms with van der Waals surface area (Å²) in [4.78, 5) is 0. The average molecular weight is 358 g/mol. The van der Waals surface area contributed by atoms with Gasteiger partial charge >= 0.3 is 0 Å². The van der Waals surface area contributed by atoms with Crippen LogP contribution >= 0.6 is 0 Å². The van der Waals surface area contributed by atoms with E-state index in [0.29, 0.717) is 19.4 Å². The highest BCUT2D eigenvalue weighted by molar-refractivity contribution is 5.04. The van der Waals surface area contributed by atoms with Gasteiger partial charge in [-0.2, -0.15) is 36.2 Å². The van der Waals surface area contributed by atoms with Crippen molar-refractivity contribution >= 4 is 0 Å². The molecule has 0 rings (SSSR count). The highest BCUT2D eigenvalue weighted by Gasteiger charge is 2.29. The molecule has 26 heavy (non-hydrogen) atoms. The van der Waals surface area contributed by atoms with Gasteiger partial charge in [0.15, 0.2) is 5.54 Å². The summed E-state index contributed by atoms with van der Waals surface area (Å²) in [6.07, 6.45) is 1.16. The Morgan fingerprint density at radius 3 is 2.00 bits per heavy atom. The fourth-order valence-electron chi connectivity index (χ4n) is 2.30. The smallest absolute Gasteiger partial charge is 0.165 e. The molecular formula is C19H31N7. The minimum atomic E-state index is -0.903. The summed E-state index contributed by atoms with van der Waals surface area (Å²) in [5, 5.41) is 44.4. The molecule has 0 saturated carbocycles. The van der Waals surface area contributed by atoms with E-state index in [-0.39, 0.29) is 29.3 Å². The molecule has 0 aliphatic rings. The van der Waals surface area contributed by atoms with E-state index in [4.69, 9.17) is 5.26 Å². The van der Waals surface area contributed by atoms with Crippen molar-refractivity contribution in [3.05, 3.63) is 0 Å². The maximum atomic E-state index is 9.52. The van der Waals surface area contributed by atoms with E-state index in [1.165, 1.54) is 0 Å². The van der Waals surface area contributed by atoms with Crippen molar-refractivity contribution in [2.24, 2.45) is 38.2 Å². The predicted molar refractivity (Wildman–Crippen MR) is 100 cm³/mol. The summed E-state index contributed by atoms with van der Waals surface area (Å²) >= 11 is 0. The minimum Gasteiger partial charge on any atom is -0.198 e. The third-order valence-electron chi connectivity index (χ3n) is 3.79. The van der Waals surface area contributed by atoms with Crippen molar-refractivity contribution in [3.8, 4) is 18.2 Å². The van der Waals surface area contributed by atoms with E-state index in [1.54, 1.807) is 13.8 Å². The molecule has 0 aromatic heterocycles. The van der Waals surface area contributed by atoms with Gasteiger partial charge in [0, 0.05) is 0 Å². The first-order valence-electron chi connectivity index (χ1n) is 8.97. The molecule has 0 fully saturated rings. The van der Waals surface area contributed by atoms with Gasteiger partial charge in [0.2, 0.25) is 0 Å². The molecule has 0 aliphatic carbocycles. The van der Waals surface area contributed by atoms with E-state index in [0.717, 1.165) is 0 Å². The largest absolute Gasteiger partial charge is 0.198 e. The molecule has 0 bridgehead atoms. The standard InChI is InChI=1S/C19H31N7/c1-14(9-19(7,13-22)26-25-18(4,5)6)8-17(16(3)11-21)24-23-12-15(2)10-20/h14-17H,8-9,12H2,1-7H3. The van der Waals surface area contributed by atoms with Gasteiger partial charge in [-0.25, -0.2) is 0 Å². The molecule has 0 radical (unpaired) electrons. The molecule has 0 spiro atoms. The molecule has 0 aliphatic heterocycles. The zero-order valence-electron chi connectivity index (χ0n) is 17.1. The maximum absolute atomic E-state index is 9.52. The van der Waals surface area contributed by atoms with Crippen LogP contribution in [0.2, 0.25) is 0 Å². The number of nitriles is 3.